The molecule has 1 rings (SSSR count). The number of rotatable bonds is 5. The number of nitrogens with one attached hydrogen (secondary N) is 2. The van der Waals surface area contributed by atoms with Crippen LogP contribution in [-0.2, 0) is 9.59 Å². The molecule has 0 spiro atoms. The van der Waals surface area contributed by atoms with Crippen LogP contribution in [0.1, 0.15) is 12.8 Å². The van der Waals surface area contributed by atoms with Crippen molar-refractivity contribution >= 4 is 17.9 Å². The van der Waals surface area contributed by atoms with Gasteiger partial charge in [0.25, 0.3) is 0 Å². The molecule has 0 saturated carbocycles. The summed E-state index contributed by atoms with van der Waals surface area (Å²) < 4.78 is 0. The molecule has 1 aliphatic heterocycles. The molecule has 8 nitrogen and oxygen atoms in total. The molecule has 0 bridgehead atoms. The topological polar surface area (TPSA) is 119 Å². The number of aliphatic carboxylic acids is 1. The predicted molar refractivity (Wildman–Crippen MR) is 60.8 cm³/mol. The Kier molecular flexibility index (Phi) is 4.90. The summed E-state index contributed by atoms with van der Waals surface area (Å²) in [5.41, 5.74) is 0. The summed E-state index contributed by atoms with van der Waals surface area (Å²) in [5, 5.41) is 22.1. The molecule has 102 valence electrons. The van der Waals surface area contributed by atoms with Crippen molar-refractivity contribution in [3.05, 3.63) is 0 Å². The molecule has 1 aliphatic rings. The number of aliphatic hydroxyl groups is 1. The van der Waals surface area contributed by atoms with Gasteiger partial charge in [-0.2, -0.15) is 0 Å². The minimum Gasteiger partial charge on any atom is -0.480 e. The summed E-state index contributed by atoms with van der Waals surface area (Å²) in [6.07, 6.45) is 0.418. The summed E-state index contributed by atoms with van der Waals surface area (Å²) >= 11 is 0. The van der Waals surface area contributed by atoms with E-state index in [1.54, 1.807) is 7.05 Å². The standard InChI is InChI=1S/C10H17N3O5/c1-13-4-2-6(8(13)15)11-10(18)12-7(3-5-14)9(16)17/h6-7,14H,2-5H2,1H3,(H,16,17)(H2,11,12,18). The SMILES string of the molecule is CN1CCC(NC(=O)NC(CCO)C(=O)O)C1=O. The van der Waals surface area contributed by atoms with Crippen LogP contribution in [0.3, 0.4) is 0 Å². The first-order valence-electron chi connectivity index (χ1n) is 5.61. The van der Waals surface area contributed by atoms with E-state index in [1.165, 1.54) is 4.90 Å². The van der Waals surface area contributed by atoms with Crippen LogP contribution in [0, 0.1) is 0 Å². The number of likely N-dealkylation sites (N-methyl/N-ethyl adjacent to an activating group) is 1. The lowest BCUT2D eigenvalue weighted by Gasteiger charge is -2.16. The van der Waals surface area contributed by atoms with Crippen molar-refractivity contribution in [1.82, 2.24) is 15.5 Å². The van der Waals surface area contributed by atoms with Crippen LogP contribution in [0.4, 0.5) is 4.79 Å². The average Bonchev–Trinajstić information content (AvgIpc) is 2.60. The van der Waals surface area contributed by atoms with Crippen LogP contribution in [0.2, 0.25) is 0 Å². The highest BCUT2D eigenvalue weighted by Gasteiger charge is 2.31. The summed E-state index contributed by atoms with van der Waals surface area (Å²) in [6.45, 7) is 0.213. The molecule has 0 aromatic rings. The Hall–Kier alpha value is -1.83. The monoisotopic (exact) mass is 259 g/mol. The molecule has 8 heteroatoms. The van der Waals surface area contributed by atoms with Crippen LogP contribution in [0.25, 0.3) is 0 Å². The first-order chi connectivity index (χ1) is 8.45. The lowest BCUT2D eigenvalue weighted by atomic mass is 10.2. The Balaban J connectivity index is 2.45. The Morgan fingerprint density at radius 3 is 2.67 bits per heavy atom. The van der Waals surface area contributed by atoms with Gasteiger partial charge in [-0.25, -0.2) is 9.59 Å². The second-order valence-corrected chi connectivity index (χ2v) is 4.12. The van der Waals surface area contributed by atoms with Crippen molar-refractivity contribution in [2.75, 3.05) is 20.2 Å². The number of nitrogens with zero attached hydrogens (tertiary/aromatic N) is 1. The quantitative estimate of drug-likeness (QED) is 0.472. The van der Waals surface area contributed by atoms with Gasteiger partial charge in [0.1, 0.15) is 12.1 Å². The zero-order chi connectivity index (χ0) is 13.7. The maximum atomic E-state index is 11.5. The van der Waals surface area contributed by atoms with Gasteiger partial charge in [-0.15, -0.1) is 0 Å². The molecule has 0 radical (unpaired) electrons. The highest BCUT2D eigenvalue weighted by molar-refractivity contribution is 5.89. The van der Waals surface area contributed by atoms with E-state index in [2.05, 4.69) is 10.6 Å². The normalized spacial score (nSPS) is 20.7. The fourth-order valence-corrected chi connectivity index (χ4v) is 1.70. The van der Waals surface area contributed by atoms with E-state index >= 15 is 0 Å². The molecule has 0 aliphatic carbocycles. The number of hydrogen-bond acceptors (Lipinski definition) is 4. The van der Waals surface area contributed by atoms with E-state index in [-0.39, 0.29) is 18.9 Å². The highest BCUT2D eigenvalue weighted by Crippen LogP contribution is 2.08. The van der Waals surface area contributed by atoms with E-state index in [9.17, 15) is 14.4 Å². The maximum absolute atomic E-state index is 11.5. The maximum Gasteiger partial charge on any atom is 0.326 e. The highest BCUT2D eigenvalue weighted by atomic mass is 16.4. The Morgan fingerprint density at radius 1 is 1.56 bits per heavy atom. The van der Waals surface area contributed by atoms with Crippen LogP contribution in [-0.4, -0.2) is 65.3 Å². The number of likely N-dealkylation sites (tertiary alicyclic amines) is 1. The molecule has 2 atom stereocenters. The lowest BCUT2D eigenvalue weighted by molar-refractivity contribution is -0.139. The van der Waals surface area contributed by atoms with E-state index in [1.807, 2.05) is 0 Å². The van der Waals surface area contributed by atoms with Crippen molar-refractivity contribution in [1.29, 1.82) is 0 Å². The van der Waals surface area contributed by atoms with Gasteiger partial charge in [-0.1, -0.05) is 0 Å². The number of aliphatic hydroxyl groups excluding tert-OH is 1. The first-order valence-corrected chi connectivity index (χ1v) is 5.61. The van der Waals surface area contributed by atoms with E-state index < -0.39 is 24.1 Å². The number of carbonyl (C=O) groups is 3. The van der Waals surface area contributed by atoms with Gasteiger partial charge in [0.2, 0.25) is 5.91 Å². The summed E-state index contributed by atoms with van der Waals surface area (Å²) in [7, 11) is 1.63. The van der Waals surface area contributed by atoms with Gasteiger partial charge in [0, 0.05) is 26.6 Å². The van der Waals surface area contributed by atoms with Gasteiger partial charge in [0.15, 0.2) is 0 Å². The molecule has 1 fully saturated rings. The molecule has 18 heavy (non-hydrogen) atoms. The fourth-order valence-electron chi connectivity index (χ4n) is 1.70. The summed E-state index contributed by atoms with van der Waals surface area (Å²) in [5.74, 6) is -1.42. The van der Waals surface area contributed by atoms with E-state index in [0.29, 0.717) is 13.0 Å². The number of urea groups is 1. The number of hydrogen-bond donors (Lipinski definition) is 4. The molecule has 2 unspecified atom stereocenters. The van der Waals surface area contributed by atoms with Gasteiger partial charge >= 0.3 is 12.0 Å². The zero-order valence-corrected chi connectivity index (χ0v) is 10.0. The predicted octanol–water partition coefficient (Wildman–Crippen LogP) is -1.65. The second-order valence-electron chi connectivity index (χ2n) is 4.12. The fraction of sp³-hybridized carbons (Fsp3) is 0.700. The lowest BCUT2D eigenvalue weighted by Crippen LogP contribution is -2.51. The Labute approximate surface area is 104 Å². The Morgan fingerprint density at radius 2 is 2.22 bits per heavy atom. The van der Waals surface area contributed by atoms with Crippen molar-refractivity contribution in [3.8, 4) is 0 Å². The molecule has 1 saturated heterocycles. The average molecular weight is 259 g/mol. The van der Waals surface area contributed by atoms with Gasteiger partial charge < -0.3 is 25.7 Å². The van der Waals surface area contributed by atoms with Crippen molar-refractivity contribution < 1.29 is 24.6 Å². The zero-order valence-electron chi connectivity index (χ0n) is 10.0. The number of carbonyl (C=O) groups excluding carboxylic acids is 2. The van der Waals surface area contributed by atoms with Crippen LogP contribution in [0.5, 0.6) is 0 Å². The molecular formula is C10H17N3O5. The third-order valence-electron chi connectivity index (χ3n) is 2.75. The van der Waals surface area contributed by atoms with E-state index in [0.717, 1.165) is 0 Å². The van der Waals surface area contributed by atoms with Crippen LogP contribution >= 0.6 is 0 Å². The largest absolute Gasteiger partial charge is 0.480 e. The minimum atomic E-state index is -1.23. The van der Waals surface area contributed by atoms with E-state index in [4.69, 9.17) is 10.2 Å². The summed E-state index contributed by atoms with van der Waals surface area (Å²) in [6, 6.07) is -2.49. The molecular weight excluding hydrogens is 242 g/mol. The first kappa shape index (κ1) is 14.2. The number of carboxylic acid groups (broad SMARTS) is 1. The third kappa shape index (κ3) is 3.59. The Bertz CT molecular complexity index is 338. The minimum absolute atomic E-state index is 0.0821. The van der Waals surface area contributed by atoms with Crippen LogP contribution in [0.15, 0.2) is 0 Å². The molecule has 4 N–H and O–H groups in total. The summed E-state index contributed by atoms with van der Waals surface area (Å²) in [4.78, 5) is 35.3. The smallest absolute Gasteiger partial charge is 0.326 e. The third-order valence-corrected chi connectivity index (χ3v) is 2.75. The second kappa shape index (κ2) is 6.20. The molecule has 0 aromatic carbocycles. The van der Waals surface area contributed by atoms with Gasteiger partial charge in [-0.05, 0) is 6.42 Å². The van der Waals surface area contributed by atoms with Gasteiger partial charge in [-0.3, -0.25) is 4.79 Å². The van der Waals surface area contributed by atoms with Gasteiger partial charge in [0.05, 0.1) is 0 Å². The molecule has 3 amide bonds. The number of carboxylic acids is 1. The molecule has 0 aromatic heterocycles. The van der Waals surface area contributed by atoms with Crippen molar-refractivity contribution in [2.45, 2.75) is 24.9 Å². The number of amides is 3. The molecule has 1 heterocycles. The van der Waals surface area contributed by atoms with Crippen LogP contribution < -0.4 is 10.6 Å². The van der Waals surface area contributed by atoms with Crippen molar-refractivity contribution in [3.63, 3.8) is 0 Å². The van der Waals surface area contributed by atoms with Crippen molar-refractivity contribution in [2.24, 2.45) is 0 Å².